The van der Waals surface area contributed by atoms with E-state index in [4.69, 9.17) is 14.2 Å². The van der Waals surface area contributed by atoms with E-state index in [0.29, 0.717) is 24.1 Å². The van der Waals surface area contributed by atoms with Gasteiger partial charge in [0.15, 0.2) is 11.5 Å². The standard InChI is InChI=1S/C26H38N2O5/c1-25(2,3)33-21(30)7-6-11-27-17-9-8-16-18-13-15-20(31-5)14-19(29)23-22(15)26(16,24(17)32-23)10-12-28(18)4/h14,16-18,24,27,29H,6-13H2,1-5H3/t16-,17-,18+,24-,26-/m0/s1. The van der Waals surface area contributed by atoms with E-state index in [1.54, 1.807) is 13.2 Å². The Hall–Kier alpha value is -1.99. The summed E-state index contributed by atoms with van der Waals surface area (Å²) in [5, 5.41) is 14.5. The first kappa shape index (κ1) is 22.8. The molecule has 2 N–H and O–H groups in total. The highest BCUT2D eigenvalue weighted by Crippen LogP contribution is 2.65. The number of carbonyl (C=O) groups excluding carboxylic acids is 1. The number of benzene rings is 1. The molecule has 0 amide bonds. The van der Waals surface area contributed by atoms with Gasteiger partial charge in [0.2, 0.25) is 0 Å². The van der Waals surface area contributed by atoms with Crippen LogP contribution in [-0.4, -0.2) is 67.0 Å². The van der Waals surface area contributed by atoms with Gasteiger partial charge < -0.3 is 29.5 Å². The van der Waals surface area contributed by atoms with Gasteiger partial charge in [-0.25, -0.2) is 0 Å². The summed E-state index contributed by atoms with van der Waals surface area (Å²) in [6, 6.07) is 2.38. The fourth-order valence-corrected chi connectivity index (χ4v) is 7.09. The number of piperidine rings is 1. The molecule has 1 spiro atoms. The summed E-state index contributed by atoms with van der Waals surface area (Å²) in [6.07, 6.45) is 5.27. The summed E-state index contributed by atoms with van der Waals surface area (Å²) in [4.78, 5) is 14.6. The van der Waals surface area contributed by atoms with Crippen LogP contribution in [0.1, 0.15) is 64.0 Å². The van der Waals surface area contributed by atoms with Crippen LogP contribution < -0.4 is 14.8 Å². The van der Waals surface area contributed by atoms with Crippen LogP contribution in [0.5, 0.6) is 17.2 Å². The van der Waals surface area contributed by atoms with E-state index in [-0.39, 0.29) is 29.3 Å². The van der Waals surface area contributed by atoms with Crippen molar-refractivity contribution < 1.29 is 24.1 Å². The summed E-state index contributed by atoms with van der Waals surface area (Å²) in [5.41, 5.74) is 1.88. The fourth-order valence-electron chi connectivity index (χ4n) is 7.09. The maximum atomic E-state index is 12.1. The van der Waals surface area contributed by atoms with E-state index in [2.05, 4.69) is 17.3 Å². The summed E-state index contributed by atoms with van der Waals surface area (Å²) in [5.74, 6) is 2.01. The van der Waals surface area contributed by atoms with Crippen molar-refractivity contribution in [1.29, 1.82) is 0 Å². The lowest BCUT2D eigenvalue weighted by atomic mass is 9.51. The number of likely N-dealkylation sites (tertiary alicyclic amines) is 1. The zero-order chi connectivity index (χ0) is 23.5. The van der Waals surface area contributed by atoms with Crippen molar-refractivity contribution in [3.05, 3.63) is 17.2 Å². The Balaban J connectivity index is 1.38. The van der Waals surface area contributed by atoms with Crippen molar-refractivity contribution in [2.24, 2.45) is 5.92 Å². The van der Waals surface area contributed by atoms with Crippen molar-refractivity contribution in [2.45, 2.75) is 88.5 Å². The van der Waals surface area contributed by atoms with Gasteiger partial charge in [-0.1, -0.05) is 0 Å². The Bertz CT molecular complexity index is 942. The second kappa shape index (κ2) is 8.05. The van der Waals surface area contributed by atoms with Crippen LogP contribution in [0.2, 0.25) is 0 Å². The number of rotatable bonds is 6. The monoisotopic (exact) mass is 458 g/mol. The third-order valence-electron chi connectivity index (χ3n) is 8.29. The minimum atomic E-state index is -0.446. The number of aromatic hydroxyl groups is 1. The number of phenolic OH excluding ortho intramolecular Hbond substituents is 1. The Morgan fingerprint density at radius 2 is 2.15 bits per heavy atom. The summed E-state index contributed by atoms with van der Waals surface area (Å²) in [6.45, 7) is 7.46. The predicted octanol–water partition coefficient (Wildman–Crippen LogP) is 3.15. The highest BCUT2D eigenvalue weighted by molar-refractivity contribution is 5.69. The van der Waals surface area contributed by atoms with E-state index in [9.17, 15) is 9.90 Å². The lowest BCUT2D eigenvalue weighted by Crippen LogP contribution is -2.68. The lowest BCUT2D eigenvalue weighted by Gasteiger charge is -2.59. The van der Waals surface area contributed by atoms with Crippen LogP contribution in [0.3, 0.4) is 0 Å². The molecule has 2 aliphatic carbocycles. The number of ether oxygens (including phenoxy) is 3. The van der Waals surface area contributed by atoms with Crippen molar-refractivity contribution in [3.63, 3.8) is 0 Å². The first-order valence-electron chi connectivity index (χ1n) is 12.4. The van der Waals surface area contributed by atoms with Crippen molar-refractivity contribution in [3.8, 4) is 17.2 Å². The van der Waals surface area contributed by atoms with Crippen LogP contribution in [0.15, 0.2) is 6.07 Å². The molecule has 1 saturated heterocycles. The number of carbonyl (C=O) groups is 1. The van der Waals surface area contributed by atoms with Crippen LogP contribution in [0.25, 0.3) is 0 Å². The summed E-state index contributed by atoms with van der Waals surface area (Å²) in [7, 11) is 3.92. The number of nitrogens with one attached hydrogen (secondary N) is 1. The molecular formula is C26H38N2O5. The highest BCUT2D eigenvalue weighted by atomic mass is 16.6. The Morgan fingerprint density at radius 3 is 2.88 bits per heavy atom. The first-order valence-corrected chi connectivity index (χ1v) is 12.4. The van der Waals surface area contributed by atoms with Gasteiger partial charge in [-0.3, -0.25) is 4.79 Å². The molecule has 0 unspecified atom stereocenters. The number of esters is 1. The Labute approximate surface area is 196 Å². The third kappa shape index (κ3) is 3.59. The van der Waals surface area contributed by atoms with Gasteiger partial charge in [-0.2, -0.15) is 0 Å². The molecule has 5 atom stereocenters. The fraction of sp³-hybridized carbons (Fsp3) is 0.731. The molecule has 33 heavy (non-hydrogen) atoms. The second-order valence-corrected chi connectivity index (χ2v) is 11.3. The van der Waals surface area contributed by atoms with Crippen molar-refractivity contribution in [1.82, 2.24) is 10.2 Å². The molecule has 1 aromatic rings. The summed E-state index contributed by atoms with van der Waals surface area (Å²) < 4.78 is 17.8. The number of hydrogen-bond donors (Lipinski definition) is 2. The average Bonchev–Trinajstić information content (AvgIpc) is 3.09. The third-order valence-corrected chi connectivity index (χ3v) is 8.29. The zero-order valence-electron chi connectivity index (χ0n) is 20.6. The average molecular weight is 459 g/mol. The highest BCUT2D eigenvalue weighted by Gasteiger charge is 2.65. The number of phenols is 1. The maximum Gasteiger partial charge on any atom is 0.306 e. The molecule has 1 saturated carbocycles. The molecule has 2 heterocycles. The molecule has 1 aromatic carbocycles. The molecule has 2 fully saturated rings. The van der Waals surface area contributed by atoms with Gasteiger partial charge in [0.1, 0.15) is 17.5 Å². The largest absolute Gasteiger partial charge is 0.504 e. The van der Waals surface area contributed by atoms with Crippen LogP contribution in [-0.2, 0) is 21.4 Å². The topological polar surface area (TPSA) is 80.3 Å². The molecule has 2 bridgehead atoms. The van der Waals surface area contributed by atoms with Gasteiger partial charge in [0, 0.05) is 41.1 Å². The number of likely N-dealkylation sites (N-methyl/N-ethyl adjacent to an activating group) is 1. The van der Waals surface area contributed by atoms with E-state index < -0.39 is 5.60 Å². The van der Waals surface area contributed by atoms with E-state index in [1.807, 2.05) is 20.8 Å². The second-order valence-electron chi connectivity index (χ2n) is 11.3. The maximum absolute atomic E-state index is 12.1. The van der Waals surface area contributed by atoms with Crippen LogP contribution in [0.4, 0.5) is 0 Å². The molecule has 0 aromatic heterocycles. The quantitative estimate of drug-likeness (QED) is 0.501. The van der Waals surface area contributed by atoms with Crippen molar-refractivity contribution >= 4 is 5.97 Å². The normalized spacial score (nSPS) is 32.2. The molecule has 4 aliphatic rings. The minimum Gasteiger partial charge on any atom is -0.504 e. The number of methoxy groups -OCH3 is 1. The molecule has 5 rings (SSSR count). The van der Waals surface area contributed by atoms with Gasteiger partial charge in [-0.15, -0.1) is 0 Å². The van der Waals surface area contributed by atoms with Gasteiger partial charge in [-0.05, 0) is 78.9 Å². The Morgan fingerprint density at radius 1 is 1.36 bits per heavy atom. The molecule has 2 aliphatic heterocycles. The molecular weight excluding hydrogens is 420 g/mol. The van der Waals surface area contributed by atoms with Crippen LogP contribution in [0, 0.1) is 5.92 Å². The first-order chi connectivity index (χ1) is 15.7. The smallest absolute Gasteiger partial charge is 0.306 e. The Kier molecular flexibility index (Phi) is 5.56. The van der Waals surface area contributed by atoms with E-state index in [0.717, 1.165) is 50.9 Å². The summed E-state index contributed by atoms with van der Waals surface area (Å²) >= 11 is 0. The molecule has 182 valence electrons. The van der Waals surface area contributed by atoms with Gasteiger partial charge in [0.25, 0.3) is 0 Å². The molecule has 7 heteroatoms. The number of hydrogen-bond acceptors (Lipinski definition) is 7. The zero-order valence-corrected chi connectivity index (χ0v) is 20.6. The predicted molar refractivity (Wildman–Crippen MR) is 125 cm³/mol. The minimum absolute atomic E-state index is 0.0129. The molecule has 7 nitrogen and oxygen atoms in total. The van der Waals surface area contributed by atoms with E-state index >= 15 is 0 Å². The van der Waals surface area contributed by atoms with Crippen LogP contribution >= 0.6 is 0 Å². The number of nitrogens with zero attached hydrogens (tertiary/aromatic N) is 1. The SMILES string of the molecule is COc1cc(O)c2c3c1C[C@@H]1[C@@H]4CC[C@H](NCCCC(=O)OC(C)(C)C)[C@H](O2)[C@]34CCN1C. The van der Waals surface area contributed by atoms with Crippen molar-refractivity contribution in [2.75, 3.05) is 27.2 Å². The van der Waals surface area contributed by atoms with E-state index in [1.165, 1.54) is 11.1 Å². The van der Waals surface area contributed by atoms with Gasteiger partial charge in [0.05, 0.1) is 7.11 Å². The lowest BCUT2D eigenvalue weighted by molar-refractivity contribution is -0.154. The van der Waals surface area contributed by atoms with Gasteiger partial charge >= 0.3 is 5.97 Å². The molecule has 0 radical (unpaired) electrons.